The maximum atomic E-state index is 12.3. The number of hydrogen-bond donors (Lipinski definition) is 2. The normalized spacial score (nSPS) is 16.5. The summed E-state index contributed by atoms with van der Waals surface area (Å²) in [6.45, 7) is 2.09. The van der Waals surface area contributed by atoms with Gasteiger partial charge in [0.1, 0.15) is 0 Å². The van der Waals surface area contributed by atoms with Crippen LogP contribution in [0.2, 0.25) is 0 Å². The van der Waals surface area contributed by atoms with Crippen LogP contribution in [0.4, 0.5) is 5.69 Å². The van der Waals surface area contributed by atoms with Crippen LogP contribution in [0.3, 0.4) is 0 Å². The molecule has 0 aliphatic heterocycles. The van der Waals surface area contributed by atoms with Crippen molar-refractivity contribution in [2.45, 2.75) is 38.0 Å². The molecule has 0 fully saturated rings. The number of nitrogen functional groups attached to an aromatic ring is 1. The standard InChI is InChI=1S/C20H24N2OS/c1-14-4-2-5-15(10-14)12-24-13-20(23)22-19-7-3-6-16-11-17(21)8-9-18(16)19/h2,4-5,8-11,19H,3,6-7,12-13,21H2,1H3,(H,22,23). The van der Waals surface area contributed by atoms with Gasteiger partial charge in [-0.2, -0.15) is 0 Å². The summed E-state index contributed by atoms with van der Waals surface area (Å²) in [7, 11) is 0. The van der Waals surface area contributed by atoms with Gasteiger partial charge in [-0.25, -0.2) is 0 Å². The average Bonchev–Trinajstić information content (AvgIpc) is 2.55. The first-order valence-electron chi connectivity index (χ1n) is 8.43. The van der Waals surface area contributed by atoms with Crippen LogP contribution in [0.25, 0.3) is 0 Å². The third-order valence-corrected chi connectivity index (χ3v) is 5.40. The van der Waals surface area contributed by atoms with Crippen molar-refractivity contribution in [3.63, 3.8) is 0 Å². The number of nitrogens with one attached hydrogen (secondary N) is 1. The van der Waals surface area contributed by atoms with E-state index < -0.39 is 0 Å². The minimum absolute atomic E-state index is 0.113. The molecule has 3 rings (SSSR count). The van der Waals surface area contributed by atoms with Crippen LogP contribution in [0.1, 0.15) is 41.1 Å². The number of benzene rings is 2. The Morgan fingerprint density at radius 1 is 1.29 bits per heavy atom. The van der Waals surface area contributed by atoms with E-state index in [2.05, 4.69) is 42.6 Å². The number of fused-ring (bicyclic) bond motifs is 1. The topological polar surface area (TPSA) is 55.1 Å². The predicted octanol–water partition coefficient (Wildman–Crippen LogP) is 4.00. The fourth-order valence-corrected chi connectivity index (χ4v) is 4.07. The highest BCUT2D eigenvalue weighted by Gasteiger charge is 2.21. The van der Waals surface area contributed by atoms with Crippen molar-refractivity contribution in [1.29, 1.82) is 0 Å². The van der Waals surface area contributed by atoms with Gasteiger partial charge in [0.25, 0.3) is 0 Å². The Kier molecular flexibility index (Phi) is 5.46. The summed E-state index contributed by atoms with van der Waals surface area (Å²) in [6.07, 6.45) is 3.15. The Morgan fingerprint density at radius 3 is 3.00 bits per heavy atom. The largest absolute Gasteiger partial charge is 0.399 e. The van der Waals surface area contributed by atoms with Gasteiger partial charge in [0.05, 0.1) is 11.8 Å². The van der Waals surface area contributed by atoms with E-state index in [-0.39, 0.29) is 11.9 Å². The molecule has 0 bridgehead atoms. The number of anilines is 1. The zero-order chi connectivity index (χ0) is 16.9. The molecule has 3 N–H and O–H groups in total. The molecular weight excluding hydrogens is 316 g/mol. The third kappa shape index (κ3) is 4.32. The molecule has 2 aromatic rings. The van der Waals surface area contributed by atoms with Crippen LogP contribution in [0.15, 0.2) is 42.5 Å². The average molecular weight is 340 g/mol. The molecule has 1 unspecified atom stereocenters. The maximum absolute atomic E-state index is 12.3. The zero-order valence-corrected chi connectivity index (χ0v) is 14.9. The lowest BCUT2D eigenvalue weighted by molar-refractivity contribution is -0.119. The summed E-state index contributed by atoms with van der Waals surface area (Å²) < 4.78 is 0. The fraction of sp³-hybridized carbons (Fsp3) is 0.350. The van der Waals surface area contributed by atoms with Gasteiger partial charge in [0.2, 0.25) is 5.91 Å². The van der Waals surface area contributed by atoms with E-state index in [1.807, 2.05) is 12.1 Å². The molecule has 0 radical (unpaired) electrons. The van der Waals surface area contributed by atoms with Gasteiger partial charge in [-0.3, -0.25) is 4.79 Å². The van der Waals surface area contributed by atoms with Crippen LogP contribution in [-0.4, -0.2) is 11.7 Å². The number of carbonyl (C=O) groups excluding carboxylic acids is 1. The van der Waals surface area contributed by atoms with Gasteiger partial charge in [-0.1, -0.05) is 35.9 Å². The van der Waals surface area contributed by atoms with E-state index in [9.17, 15) is 4.79 Å². The molecule has 1 atom stereocenters. The summed E-state index contributed by atoms with van der Waals surface area (Å²) in [6, 6.07) is 14.6. The van der Waals surface area contributed by atoms with Gasteiger partial charge < -0.3 is 11.1 Å². The van der Waals surface area contributed by atoms with E-state index in [0.717, 1.165) is 30.7 Å². The number of thioether (sulfide) groups is 1. The highest BCUT2D eigenvalue weighted by Crippen LogP contribution is 2.31. The number of hydrogen-bond acceptors (Lipinski definition) is 3. The molecule has 0 spiro atoms. The van der Waals surface area contributed by atoms with E-state index >= 15 is 0 Å². The van der Waals surface area contributed by atoms with Crippen molar-refractivity contribution >= 4 is 23.4 Å². The van der Waals surface area contributed by atoms with Gasteiger partial charge in [0, 0.05) is 11.4 Å². The van der Waals surface area contributed by atoms with Crippen LogP contribution in [0, 0.1) is 6.92 Å². The van der Waals surface area contributed by atoms with E-state index in [1.54, 1.807) is 11.8 Å². The van der Waals surface area contributed by atoms with E-state index in [1.165, 1.54) is 22.3 Å². The molecule has 24 heavy (non-hydrogen) atoms. The molecule has 1 aliphatic carbocycles. The van der Waals surface area contributed by atoms with Crippen LogP contribution >= 0.6 is 11.8 Å². The lowest BCUT2D eigenvalue weighted by Crippen LogP contribution is -2.32. The molecule has 0 heterocycles. The molecule has 0 saturated heterocycles. The highest BCUT2D eigenvalue weighted by molar-refractivity contribution is 7.99. The van der Waals surface area contributed by atoms with E-state index in [4.69, 9.17) is 5.73 Å². The lowest BCUT2D eigenvalue weighted by Gasteiger charge is -2.26. The number of rotatable bonds is 5. The SMILES string of the molecule is Cc1cccc(CSCC(=O)NC2CCCc3cc(N)ccc32)c1. The van der Waals surface area contributed by atoms with Crippen molar-refractivity contribution in [3.8, 4) is 0 Å². The molecule has 1 aliphatic rings. The monoisotopic (exact) mass is 340 g/mol. The van der Waals surface area contributed by atoms with Crippen molar-refractivity contribution in [1.82, 2.24) is 5.32 Å². The van der Waals surface area contributed by atoms with Crippen molar-refractivity contribution in [2.75, 3.05) is 11.5 Å². The number of carbonyl (C=O) groups is 1. The summed E-state index contributed by atoms with van der Waals surface area (Å²) in [5, 5.41) is 3.19. The van der Waals surface area contributed by atoms with Crippen LogP contribution in [-0.2, 0) is 17.0 Å². The third-order valence-electron chi connectivity index (χ3n) is 4.40. The number of aryl methyl sites for hydroxylation is 2. The van der Waals surface area contributed by atoms with E-state index in [0.29, 0.717) is 5.75 Å². The second kappa shape index (κ2) is 7.75. The number of amides is 1. The summed E-state index contributed by atoms with van der Waals surface area (Å²) in [5.41, 5.74) is 11.7. The maximum Gasteiger partial charge on any atom is 0.230 e. The molecule has 3 nitrogen and oxygen atoms in total. The first-order valence-corrected chi connectivity index (χ1v) is 9.58. The quantitative estimate of drug-likeness (QED) is 0.809. The van der Waals surface area contributed by atoms with Crippen molar-refractivity contribution in [3.05, 3.63) is 64.7 Å². The Labute approximate surface area is 148 Å². The lowest BCUT2D eigenvalue weighted by atomic mass is 9.87. The van der Waals surface area contributed by atoms with Crippen molar-refractivity contribution < 1.29 is 4.79 Å². The van der Waals surface area contributed by atoms with Gasteiger partial charge in [-0.05, 0) is 55.0 Å². The Balaban J connectivity index is 1.52. The highest BCUT2D eigenvalue weighted by atomic mass is 32.2. The van der Waals surface area contributed by atoms with Crippen LogP contribution < -0.4 is 11.1 Å². The zero-order valence-electron chi connectivity index (χ0n) is 14.0. The second-order valence-electron chi connectivity index (χ2n) is 6.45. The Hall–Kier alpha value is -1.94. The van der Waals surface area contributed by atoms with Gasteiger partial charge >= 0.3 is 0 Å². The first-order chi connectivity index (χ1) is 11.6. The predicted molar refractivity (Wildman–Crippen MR) is 102 cm³/mol. The Morgan fingerprint density at radius 2 is 2.17 bits per heavy atom. The molecular formula is C20H24N2OS. The summed E-state index contributed by atoms with van der Waals surface area (Å²) >= 11 is 1.66. The molecule has 1 amide bonds. The molecule has 2 aromatic carbocycles. The minimum Gasteiger partial charge on any atom is -0.399 e. The smallest absolute Gasteiger partial charge is 0.230 e. The second-order valence-corrected chi connectivity index (χ2v) is 7.44. The molecule has 4 heteroatoms. The Bertz CT molecular complexity index is 729. The molecule has 126 valence electrons. The summed E-state index contributed by atoms with van der Waals surface area (Å²) in [5.74, 6) is 1.48. The number of nitrogens with two attached hydrogens (primary N) is 1. The van der Waals surface area contributed by atoms with Crippen LogP contribution in [0.5, 0.6) is 0 Å². The fourth-order valence-electron chi connectivity index (χ4n) is 3.28. The summed E-state index contributed by atoms with van der Waals surface area (Å²) in [4.78, 5) is 12.3. The van der Waals surface area contributed by atoms with Gasteiger partial charge in [-0.15, -0.1) is 11.8 Å². The first kappa shape index (κ1) is 16.9. The van der Waals surface area contributed by atoms with Gasteiger partial charge in [0.15, 0.2) is 0 Å². The molecule has 0 saturated carbocycles. The van der Waals surface area contributed by atoms with Crippen molar-refractivity contribution in [2.24, 2.45) is 0 Å². The minimum atomic E-state index is 0.113. The molecule has 0 aromatic heterocycles.